The molecule has 2 heterocycles. The Morgan fingerprint density at radius 1 is 1.28 bits per heavy atom. The molecule has 0 saturated carbocycles. The third kappa shape index (κ3) is 4.47. The molecule has 9 heteroatoms. The SMILES string of the molecule is O=C(CCN1C(=O)S/C(=C\c2ccc(Cl)cc2)C1=O)Nc1nccs1. The lowest BCUT2D eigenvalue weighted by Crippen LogP contribution is -2.31. The average Bonchev–Trinajstić information content (AvgIpc) is 3.17. The maximum absolute atomic E-state index is 12.4. The van der Waals surface area contributed by atoms with Gasteiger partial charge >= 0.3 is 0 Å². The number of anilines is 1. The zero-order valence-corrected chi connectivity index (χ0v) is 15.2. The van der Waals surface area contributed by atoms with Crippen molar-refractivity contribution in [2.75, 3.05) is 11.9 Å². The number of carbonyl (C=O) groups excluding carboxylic acids is 3. The molecular formula is C16H12ClN3O3S2. The molecular weight excluding hydrogens is 382 g/mol. The monoisotopic (exact) mass is 393 g/mol. The standard InChI is InChI=1S/C16H12ClN3O3S2/c17-11-3-1-10(2-4-11)9-12-14(22)20(16(23)25-12)7-5-13(21)19-15-18-6-8-24-15/h1-4,6,8-9H,5,7H2,(H,18,19,21)/b12-9-. The first kappa shape index (κ1) is 17.7. The molecule has 2 aromatic rings. The molecule has 1 N–H and O–H groups in total. The van der Waals surface area contributed by atoms with Crippen LogP contribution in [0.2, 0.25) is 5.02 Å². The lowest BCUT2D eigenvalue weighted by atomic mass is 10.2. The fourth-order valence-electron chi connectivity index (χ4n) is 2.08. The van der Waals surface area contributed by atoms with E-state index in [9.17, 15) is 14.4 Å². The number of aromatic nitrogens is 1. The Hall–Kier alpha value is -2.16. The van der Waals surface area contributed by atoms with Crippen LogP contribution in [0.15, 0.2) is 40.7 Å². The maximum Gasteiger partial charge on any atom is 0.293 e. The number of amides is 3. The minimum atomic E-state index is -0.396. The van der Waals surface area contributed by atoms with E-state index in [1.807, 2.05) is 0 Å². The predicted octanol–water partition coefficient (Wildman–Crippen LogP) is 3.86. The van der Waals surface area contributed by atoms with Gasteiger partial charge in [-0.15, -0.1) is 11.3 Å². The third-order valence-electron chi connectivity index (χ3n) is 3.28. The number of thioether (sulfide) groups is 1. The highest BCUT2D eigenvalue weighted by atomic mass is 35.5. The van der Waals surface area contributed by atoms with Crippen molar-refractivity contribution in [2.24, 2.45) is 0 Å². The Kier molecular flexibility index (Phi) is 5.52. The van der Waals surface area contributed by atoms with Crippen LogP contribution >= 0.6 is 34.7 Å². The molecule has 1 saturated heterocycles. The van der Waals surface area contributed by atoms with Crippen LogP contribution in [0, 0.1) is 0 Å². The first-order valence-corrected chi connectivity index (χ1v) is 9.30. The number of benzene rings is 1. The van der Waals surface area contributed by atoms with Gasteiger partial charge in [0.1, 0.15) is 0 Å². The molecule has 0 bridgehead atoms. The van der Waals surface area contributed by atoms with Crippen molar-refractivity contribution in [1.82, 2.24) is 9.88 Å². The molecule has 6 nitrogen and oxygen atoms in total. The predicted molar refractivity (Wildman–Crippen MR) is 99.5 cm³/mol. The lowest BCUT2D eigenvalue weighted by molar-refractivity contribution is -0.123. The fourth-order valence-corrected chi connectivity index (χ4v) is 3.62. The summed E-state index contributed by atoms with van der Waals surface area (Å²) in [5.74, 6) is -0.692. The second-order valence-corrected chi connectivity index (χ2v) is 7.34. The quantitative estimate of drug-likeness (QED) is 0.780. The van der Waals surface area contributed by atoms with Gasteiger partial charge in [-0.3, -0.25) is 19.3 Å². The molecule has 1 aromatic carbocycles. The summed E-state index contributed by atoms with van der Waals surface area (Å²) in [7, 11) is 0. The number of hydrogen-bond donors (Lipinski definition) is 1. The summed E-state index contributed by atoms with van der Waals surface area (Å²) < 4.78 is 0. The minimum absolute atomic E-state index is 0.0197. The highest BCUT2D eigenvalue weighted by Crippen LogP contribution is 2.32. The largest absolute Gasteiger partial charge is 0.302 e. The Balaban J connectivity index is 1.61. The van der Waals surface area contributed by atoms with Gasteiger partial charge in [-0.1, -0.05) is 23.7 Å². The van der Waals surface area contributed by atoms with Gasteiger partial charge in [-0.2, -0.15) is 0 Å². The van der Waals surface area contributed by atoms with Crippen molar-refractivity contribution in [3.63, 3.8) is 0 Å². The molecule has 0 aliphatic carbocycles. The molecule has 25 heavy (non-hydrogen) atoms. The van der Waals surface area contributed by atoms with Crippen molar-refractivity contribution in [3.05, 3.63) is 51.3 Å². The van der Waals surface area contributed by atoms with Gasteiger partial charge in [0.25, 0.3) is 11.1 Å². The van der Waals surface area contributed by atoms with E-state index in [1.54, 1.807) is 41.9 Å². The van der Waals surface area contributed by atoms with Gasteiger partial charge in [-0.25, -0.2) is 4.98 Å². The molecule has 3 amide bonds. The van der Waals surface area contributed by atoms with E-state index in [2.05, 4.69) is 10.3 Å². The Bertz CT molecular complexity index is 835. The van der Waals surface area contributed by atoms with E-state index in [-0.39, 0.29) is 24.1 Å². The number of rotatable bonds is 5. The van der Waals surface area contributed by atoms with Crippen LogP contribution in [0.3, 0.4) is 0 Å². The van der Waals surface area contributed by atoms with Crippen molar-refractivity contribution in [1.29, 1.82) is 0 Å². The molecule has 1 aliphatic rings. The van der Waals surface area contributed by atoms with Crippen molar-refractivity contribution < 1.29 is 14.4 Å². The number of hydrogen-bond acceptors (Lipinski definition) is 6. The number of carbonyl (C=O) groups is 3. The second-order valence-electron chi connectivity index (χ2n) is 5.02. The summed E-state index contributed by atoms with van der Waals surface area (Å²) in [4.78, 5) is 41.6. The number of halogens is 1. The van der Waals surface area contributed by atoms with Crippen molar-refractivity contribution >= 4 is 63.0 Å². The van der Waals surface area contributed by atoms with Crippen molar-refractivity contribution in [2.45, 2.75) is 6.42 Å². The number of nitrogens with one attached hydrogen (secondary N) is 1. The summed E-state index contributed by atoms with van der Waals surface area (Å²) in [6.07, 6.45) is 3.24. The Morgan fingerprint density at radius 3 is 2.72 bits per heavy atom. The highest BCUT2D eigenvalue weighted by molar-refractivity contribution is 8.18. The average molecular weight is 394 g/mol. The summed E-state index contributed by atoms with van der Waals surface area (Å²) in [6, 6.07) is 6.94. The molecule has 0 unspecified atom stereocenters. The van der Waals surface area contributed by atoms with Gasteiger partial charge in [0, 0.05) is 29.6 Å². The Labute approximate surface area is 156 Å². The van der Waals surface area contributed by atoms with Gasteiger partial charge in [0.05, 0.1) is 4.91 Å². The van der Waals surface area contributed by atoms with E-state index in [0.29, 0.717) is 15.1 Å². The normalized spacial score (nSPS) is 15.9. The minimum Gasteiger partial charge on any atom is -0.302 e. The summed E-state index contributed by atoms with van der Waals surface area (Å²) >= 11 is 7.99. The molecule has 1 fully saturated rings. The van der Waals surface area contributed by atoms with E-state index in [4.69, 9.17) is 11.6 Å². The zero-order valence-electron chi connectivity index (χ0n) is 12.8. The third-order valence-corrected chi connectivity index (χ3v) is 5.13. The fraction of sp³-hybridized carbons (Fsp3) is 0.125. The summed E-state index contributed by atoms with van der Waals surface area (Å²) in [5, 5.41) is 5.06. The molecule has 3 rings (SSSR count). The van der Waals surface area contributed by atoms with Gasteiger partial charge in [0.2, 0.25) is 5.91 Å². The van der Waals surface area contributed by atoms with E-state index >= 15 is 0 Å². The molecule has 0 radical (unpaired) electrons. The van der Waals surface area contributed by atoms with Gasteiger partial charge < -0.3 is 5.32 Å². The maximum atomic E-state index is 12.4. The zero-order chi connectivity index (χ0) is 17.8. The van der Waals surface area contributed by atoms with E-state index < -0.39 is 5.91 Å². The van der Waals surface area contributed by atoms with Crippen LogP contribution in [0.4, 0.5) is 9.93 Å². The van der Waals surface area contributed by atoms with Crippen LogP contribution in [-0.4, -0.2) is 33.5 Å². The molecule has 1 aromatic heterocycles. The van der Waals surface area contributed by atoms with Gasteiger partial charge in [-0.05, 0) is 35.5 Å². The number of imide groups is 1. The first-order valence-electron chi connectivity index (χ1n) is 7.23. The van der Waals surface area contributed by atoms with E-state index in [1.165, 1.54) is 11.3 Å². The van der Waals surface area contributed by atoms with Crippen LogP contribution in [0.5, 0.6) is 0 Å². The highest BCUT2D eigenvalue weighted by Gasteiger charge is 2.35. The van der Waals surface area contributed by atoms with E-state index in [0.717, 1.165) is 22.2 Å². The van der Waals surface area contributed by atoms with Crippen LogP contribution < -0.4 is 5.32 Å². The molecule has 0 spiro atoms. The molecule has 128 valence electrons. The molecule has 1 aliphatic heterocycles. The summed E-state index contributed by atoms with van der Waals surface area (Å²) in [5.41, 5.74) is 0.774. The number of nitrogens with zero attached hydrogens (tertiary/aromatic N) is 2. The first-order chi connectivity index (χ1) is 12.0. The van der Waals surface area contributed by atoms with Crippen LogP contribution in [0.1, 0.15) is 12.0 Å². The number of thiazole rings is 1. The van der Waals surface area contributed by atoms with Gasteiger partial charge in [0.15, 0.2) is 5.13 Å². The lowest BCUT2D eigenvalue weighted by Gasteiger charge is -2.11. The molecule has 0 atom stereocenters. The van der Waals surface area contributed by atoms with Crippen molar-refractivity contribution in [3.8, 4) is 0 Å². The van der Waals surface area contributed by atoms with Crippen LogP contribution in [0.25, 0.3) is 6.08 Å². The second kappa shape index (κ2) is 7.81. The van der Waals surface area contributed by atoms with Crippen LogP contribution in [-0.2, 0) is 9.59 Å². The Morgan fingerprint density at radius 2 is 2.04 bits per heavy atom. The smallest absolute Gasteiger partial charge is 0.293 e. The summed E-state index contributed by atoms with van der Waals surface area (Å²) in [6.45, 7) is 0.0276. The topological polar surface area (TPSA) is 79.4 Å².